The highest BCUT2D eigenvalue weighted by Gasteiger charge is 2.40. The van der Waals surface area contributed by atoms with E-state index in [-0.39, 0.29) is 6.42 Å². The van der Waals surface area contributed by atoms with E-state index < -0.39 is 18.8 Å². The van der Waals surface area contributed by atoms with Gasteiger partial charge in [-0.3, -0.25) is 0 Å². The van der Waals surface area contributed by atoms with Crippen LogP contribution in [0.3, 0.4) is 0 Å². The van der Waals surface area contributed by atoms with Gasteiger partial charge in [-0.25, -0.2) is 17.6 Å². The third kappa shape index (κ3) is 4.34. The smallest absolute Gasteiger partial charge is 0.204 e. The molecule has 0 amide bonds. The Labute approximate surface area is 139 Å². The van der Waals surface area contributed by atoms with Crippen molar-refractivity contribution in [3.8, 4) is 0 Å². The van der Waals surface area contributed by atoms with Crippen LogP contribution in [-0.4, -0.2) is 12.3 Å². The molecule has 2 rings (SSSR count). The monoisotopic (exact) mass is 334 g/mol. The summed E-state index contributed by atoms with van der Waals surface area (Å²) in [6, 6.07) is 18.1. The predicted octanol–water partition coefficient (Wildman–Crippen LogP) is 6.46. The fourth-order valence-corrected chi connectivity index (χ4v) is 2.51. The standard InChI is InChI=1S/C20H18F4/c1-2-17(15-9-5-3-6-10-15)18(16-11-7-4-8-12-16)13-14-20(23,24)19(21)22/h2-12,19H,1,13-14H2/b18-17-. The molecule has 0 aromatic heterocycles. The first-order valence-electron chi connectivity index (χ1n) is 7.58. The minimum absolute atomic E-state index is 0.169. The first kappa shape index (κ1) is 18.0. The molecule has 0 atom stereocenters. The molecule has 0 nitrogen and oxygen atoms in total. The average molecular weight is 334 g/mol. The number of hydrogen-bond donors (Lipinski definition) is 0. The van der Waals surface area contributed by atoms with Gasteiger partial charge in [0.2, 0.25) is 0 Å². The maximum Gasteiger partial charge on any atom is 0.307 e. The Bertz CT molecular complexity index is 688. The Balaban J connectivity index is 2.47. The number of hydrogen-bond acceptors (Lipinski definition) is 0. The molecule has 0 heterocycles. The maximum atomic E-state index is 13.4. The van der Waals surface area contributed by atoms with Gasteiger partial charge in [-0.1, -0.05) is 73.3 Å². The number of alkyl halides is 4. The van der Waals surface area contributed by atoms with Crippen molar-refractivity contribution in [2.45, 2.75) is 25.2 Å². The third-order valence-electron chi connectivity index (χ3n) is 3.76. The first-order valence-corrected chi connectivity index (χ1v) is 7.58. The largest absolute Gasteiger partial charge is 0.307 e. The van der Waals surface area contributed by atoms with Crippen LogP contribution in [0.25, 0.3) is 11.1 Å². The van der Waals surface area contributed by atoms with Crippen molar-refractivity contribution in [2.75, 3.05) is 0 Å². The molecular weight excluding hydrogens is 316 g/mol. The zero-order valence-corrected chi connectivity index (χ0v) is 13.1. The van der Waals surface area contributed by atoms with E-state index in [4.69, 9.17) is 0 Å². The van der Waals surface area contributed by atoms with Gasteiger partial charge in [0.15, 0.2) is 0 Å². The van der Waals surface area contributed by atoms with Crippen LogP contribution in [0.15, 0.2) is 73.3 Å². The van der Waals surface area contributed by atoms with E-state index in [1.54, 1.807) is 30.3 Å². The molecule has 0 fully saturated rings. The average Bonchev–Trinajstić information content (AvgIpc) is 2.60. The van der Waals surface area contributed by atoms with Crippen molar-refractivity contribution in [3.63, 3.8) is 0 Å². The minimum Gasteiger partial charge on any atom is -0.204 e. The second-order valence-electron chi connectivity index (χ2n) is 5.39. The normalized spacial score (nSPS) is 12.9. The Kier molecular flexibility index (Phi) is 5.96. The SMILES string of the molecule is C=C/C(=C(\CCC(F)(F)C(F)F)c1ccccc1)c1ccccc1. The summed E-state index contributed by atoms with van der Waals surface area (Å²) in [5, 5.41) is 0. The summed E-state index contributed by atoms with van der Waals surface area (Å²) in [4.78, 5) is 0. The lowest BCUT2D eigenvalue weighted by Gasteiger charge is -2.18. The number of allylic oxidation sites excluding steroid dienone is 3. The van der Waals surface area contributed by atoms with E-state index in [1.165, 1.54) is 0 Å². The molecule has 2 aromatic carbocycles. The molecule has 4 heteroatoms. The zero-order chi connectivity index (χ0) is 17.6. The highest BCUT2D eigenvalue weighted by Crippen LogP contribution is 2.36. The summed E-state index contributed by atoms with van der Waals surface area (Å²) < 4.78 is 51.8. The summed E-state index contributed by atoms with van der Waals surface area (Å²) >= 11 is 0. The van der Waals surface area contributed by atoms with Crippen LogP contribution in [0.5, 0.6) is 0 Å². The van der Waals surface area contributed by atoms with Crippen molar-refractivity contribution in [2.24, 2.45) is 0 Å². The van der Waals surface area contributed by atoms with Crippen LogP contribution >= 0.6 is 0 Å². The quantitative estimate of drug-likeness (QED) is 0.309. The molecule has 0 spiro atoms. The first-order chi connectivity index (χ1) is 11.5. The molecule has 0 aliphatic heterocycles. The van der Waals surface area contributed by atoms with Crippen LogP contribution in [0, 0.1) is 0 Å². The second-order valence-corrected chi connectivity index (χ2v) is 5.39. The number of rotatable bonds is 7. The number of benzene rings is 2. The van der Waals surface area contributed by atoms with Crippen molar-refractivity contribution in [1.29, 1.82) is 0 Å². The topological polar surface area (TPSA) is 0 Å². The van der Waals surface area contributed by atoms with E-state index in [2.05, 4.69) is 6.58 Å². The minimum atomic E-state index is -4.01. The van der Waals surface area contributed by atoms with Gasteiger partial charge in [-0.15, -0.1) is 0 Å². The molecule has 0 bridgehead atoms. The summed E-state index contributed by atoms with van der Waals surface area (Å²) in [5.41, 5.74) is 2.79. The zero-order valence-electron chi connectivity index (χ0n) is 13.1. The van der Waals surface area contributed by atoms with Crippen LogP contribution in [0.4, 0.5) is 17.6 Å². The van der Waals surface area contributed by atoms with Gasteiger partial charge in [0, 0.05) is 6.42 Å². The Morgan fingerprint density at radius 1 is 0.917 bits per heavy atom. The molecule has 0 aliphatic rings. The lowest BCUT2D eigenvalue weighted by Crippen LogP contribution is -2.26. The van der Waals surface area contributed by atoms with Crippen LogP contribution < -0.4 is 0 Å². The van der Waals surface area contributed by atoms with E-state index in [9.17, 15) is 17.6 Å². The summed E-state index contributed by atoms with van der Waals surface area (Å²) in [6.07, 6.45) is -3.17. The third-order valence-corrected chi connectivity index (χ3v) is 3.76. The molecule has 0 aliphatic carbocycles. The van der Waals surface area contributed by atoms with Crippen molar-refractivity contribution in [3.05, 3.63) is 84.4 Å². The van der Waals surface area contributed by atoms with Crippen molar-refractivity contribution in [1.82, 2.24) is 0 Å². The van der Waals surface area contributed by atoms with E-state index >= 15 is 0 Å². The molecular formula is C20H18F4. The van der Waals surface area contributed by atoms with Gasteiger partial charge < -0.3 is 0 Å². The summed E-state index contributed by atoms with van der Waals surface area (Å²) in [6.45, 7) is 3.77. The molecule has 126 valence electrons. The molecule has 0 N–H and O–H groups in total. The molecule has 0 radical (unpaired) electrons. The van der Waals surface area contributed by atoms with E-state index in [0.29, 0.717) is 11.1 Å². The van der Waals surface area contributed by atoms with Gasteiger partial charge in [-0.2, -0.15) is 0 Å². The van der Waals surface area contributed by atoms with Crippen molar-refractivity contribution < 1.29 is 17.6 Å². The van der Waals surface area contributed by atoms with Gasteiger partial charge >= 0.3 is 12.3 Å². The summed E-state index contributed by atoms with van der Waals surface area (Å²) in [5.74, 6) is -4.01. The predicted molar refractivity (Wildman–Crippen MR) is 90.1 cm³/mol. The molecule has 0 saturated heterocycles. The van der Waals surface area contributed by atoms with E-state index in [0.717, 1.165) is 11.1 Å². The molecule has 0 saturated carbocycles. The highest BCUT2D eigenvalue weighted by molar-refractivity contribution is 5.95. The van der Waals surface area contributed by atoms with E-state index in [1.807, 2.05) is 36.4 Å². The van der Waals surface area contributed by atoms with Crippen LogP contribution in [0.2, 0.25) is 0 Å². The molecule has 2 aromatic rings. The van der Waals surface area contributed by atoms with Gasteiger partial charge in [0.25, 0.3) is 0 Å². The fourth-order valence-electron chi connectivity index (χ4n) is 2.51. The molecule has 0 unspecified atom stereocenters. The van der Waals surface area contributed by atoms with Crippen LogP contribution in [0.1, 0.15) is 24.0 Å². The number of halogens is 4. The second kappa shape index (κ2) is 7.95. The van der Waals surface area contributed by atoms with Gasteiger partial charge in [0.05, 0.1) is 0 Å². The van der Waals surface area contributed by atoms with Gasteiger partial charge in [0.1, 0.15) is 0 Å². The van der Waals surface area contributed by atoms with Crippen LogP contribution in [-0.2, 0) is 0 Å². The van der Waals surface area contributed by atoms with Crippen molar-refractivity contribution >= 4 is 11.1 Å². The highest BCUT2D eigenvalue weighted by atomic mass is 19.3. The Hall–Kier alpha value is -2.36. The lowest BCUT2D eigenvalue weighted by atomic mass is 9.90. The lowest BCUT2D eigenvalue weighted by molar-refractivity contribution is -0.131. The fraction of sp³-hybridized carbons (Fsp3) is 0.200. The Morgan fingerprint density at radius 2 is 1.42 bits per heavy atom. The molecule has 24 heavy (non-hydrogen) atoms. The summed E-state index contributed by atoms with van der Waals surface area (Å²) in [7, 11) is 0. The maximum absolute atomic E-state index is 13.4. The Morgan fingerprint density at radius 3 is 1.88 bits per heavy atom. The van der Waals surface area contributed by atoms with Gasteiger partial charge in [-0.05, 0) is 28.7 Å².